The molecule has 1 saturated heterocycles. The predicted octanol–water partition coefficient (Wildman–Crippen LogP) is 2.15. The van der Waals surface area contributed by atoms with Crippen LogP contribution in [0.3, 0.4) is 0 Å². The van der Waals surface area contributed by atoms with Crippen molar-refractivity contribution in [3.05, 3.63) is 23.8 Å². The van der Waals surface area contributed by atoms with Crippen molar-refractivity contribution in [3.63, 3.8) is 0 Å². The van der Waals surface area contributed by atoms with Crippen molar-refractivity contribution in [2.75, 3.05) is 18.4 Å². The van der Waals surface area contributed by atoms with Gasteiger partial charge < -0.3 is 10.6 Å². The molecule has 1 amide bonds. The number of benzene rings is 1. The Morgan fingerprint density at radius 1 is 1.56 bits per heavy atom. The number of nitrogens with zero attached hydrogens (tertiary/aromatic N) is 1. The summed E-state index contributed by atoms with van der Waals surface area (Å²) >= 11 is 1.54. The van der Waals surface area contributed by atoms with Crippen LogP contribution in [-0.2, 0) is 4.79 Å². The number of fused-ring (bicyclic) bond motifs is 1. The summed E-state index contributed by atoms with van der Waals surface area (Å²) in [4.78, 5) is 16.4. The van der Waals surface area contributed by atoms with Crippen LogP contribution in [-0.4, -0.2) is 24.0 Å². The summed E-state index contributed by atoms with van der Waals surface area (Å²) in [5.74, 6) is 0.162. The minimum absolute atomic E-state index is 0.0794. The highest BCUT2D eigenvalue weighted by Gasteiger charge is 2.23. The van der Waals surface area contributed by atoms with Gasteiger partial charge in [-0.25, -0.2) is 4.98 Å². The van der Waals surface area contributed by atoms with E-state index in [9.17, 15) is 4.79 Å². The van der Waals surface area contributed by atoms with Gasteiger partial charge in [0.25, 0.3) is 0 Å². The lowest BCUT2D eigenvalue weighted by atomic mass is 10.1. The SMILES string of the molecule is Cc1ccc2nc(NC(=O)C3CCNC3)sc2c1. The Morgan fingerprint density at radius 2 is 2.44 bits per heavy atom. The van der Waals surface area contributed by atoms with Gasteiger partial charge in [0.1, 0.15) is 0 Å². The fourth-order valence-corrected chi connectivity index (χ4v) is 3.14. The molecule has 1 atom stereocenters. The Labute approximate surface area is 109 Å². The molecule has 0 aliphatic carbocycles. The number of carbonyl (C=O) groups excluding carboxylic acids is 1. The van der Waals surface area contributed by atoms with Gasteiger partial charge in [-0.3, -0.25) is 4.79 Å². The molecule has 2 aromatic rings. The van der Waals surface area contributed by atoms with Gasteiger partial charge in [-0.1, -0.05) is 17.4 Å². The van der Waals surface area contributed by atoms with E-state index in [1.54, 1.807) is 0 Å². The Kier molecular flexibility index (Phi) is 3.01. The van der Waals surface area contributed by atoms with Crippen molar-refractivity contribution in [2.24, 2.45) is 5.92 Å². The highest BCUT2D eigenvalue weighted by Crippen LogP contribution is 2.27. The van der Waals surface area contributed by atoms with Crippen molar-refractivity contribution in [2.45, 2.75) is 13.3 Å². The van der Waals surface area contributed by atoms with Gasteiger partial charge in [0, 0.05) is 6.54 Å². The summed E-state index contributed by atoms with van der Waals surface area (Å²) in [6.07, 6.45) is 0.913. The molecule has 1 aliphatic rings. The second-order valence-electron chi connectivity index (χ2n) is 4.67. The molecule has 0 radical (unpaired) electrons. The molecule has 3 rings (SSSR count). The van der Waals surface area contributed by atoms with E-state index in [-0.39, 0.29) is 11.8 Å². The number of aryl methyl sites for hydroxylation is 1. The van der Waals surface area contributed by atoms with Gasteiger partial charge >= 0.3 is 0 Å². The van der Waals surface area contributed by atoms with Crippen LogP contribution < -0.4 is 10.6 Å². The zero-order chi connectivity index (χ0) is 12.5. The van der Waals surface area contributed by atoms with E-state index in [2.05, 4.69) is 28.6 Å². The lowest BCUT2D eigenvalue weighted by molar-refractivity contribution is -0.119. The Hall–Kier alpha value is -1.46. The Morgan fingerprint density at radius 3 is 3.22 bits per heavy atom. The monoisotopic (exact) mass is 261 g/mol. The minimum Gasteiger partial charge on any atom is -0.316 e. The molecule has 0 saturated carbocycles. The molecule has 2 heterocycles. The quantitative estimate of drug-likeness (QED) is 0.871. The third-order valence-electron chi connectivity index (χ3n) is 3.21. The summed E-state index contributed by atoms with van der Waals surface area (Å²) in [6, 6.07) is 6.13. The molecule has 0 spiro atoms. The number of aromatic nitrogens is 1. The first-order chi connectivity index (χ1) is 8.72. The maximum absolute atomic E-state index is 12.0. The number of hydrogen-bond donors (Lipinski definition) is 2. The van der Waals surface area contributed by atoms with Gasteiger partial charge in [-0.15, -0.1) is 0 Å². The van der Waals surface area contributed by atoms with Crippen LogP contribution in [0.1, 0.15) is 12.0 Å². The summed E-state index contributed by atoms with van der Waals surface area (Å²) in [5.41, 5.74) is 2.16. The standard InChI is InChI=1S/C13H15N3OS/c1-8-2-3-10-11(6-8)18-13(15-10)16-12(17)9-4-5-14-7-9/h2-3,6,9,14H,4-5,7H2,1H3,(H,15,16,17). The van der Waals surface area contributed by atoms with Crippen LogP contribution in [0.25, 0.3) is 10.2 Å². The largest absolute Gasteiger partial charge is 0.316 e. The molecule has 0 bridgehead atoms. The topological polar surface area (TPSA) is 54.0 Å². The second-order valence-corrected chi connectivity index (χ2v) is 5.70. The average Bonchev–Trinajstić information content (AvgIpc) is 2.95. The van der Waals surface area contributed by atoms with Crippen LogP contribution in [0.15, 0.2) is 18.2 Å². The van der Waals surface area contributed by atoms with Crippen LogP contribution in [0, 0.1) is 12.8 Å². The molecule has 1 aromatic heterocycles. The van der Waals surface area contributed by atoms with E-state index in [0.29, 0.717) is 5.13 Å². The van der Waals surface area contributed by atoms with Crippen LogP contribution >= 0.6 is 11.3 Å². The first-order valence-corrected chi connectivity index (χ1v) is 6.93. The fraction of sp³-hybridized carbons (Fsp3) is 0.385. The van der Waals surface area contributed by atoms with Crippen molar-refractivity contribution >= 4 is 32.6 Å². The van der Waals surface area contributed by atoms with Gasteiger partial charge in [0.15, 0.2) is 5.13 Å². The Balaban J connectivity index is 1.79. The Bertz CT molecular complexity index is 587. The molecule has 1 aromatic carbocycles. The van der Waals surface area contributed by atoms with Crippen molar-refractivity contribution in [1.82, 2.24) is 10.3 Å². The highest BCUT2D eigenvalue weighted by atomic mass is 32.1. The van der Waals surface area contributed by atoms with E-state index >= 15 is 0 Å². The van der Waals surface area contributed by atoms with Crippen LogP contribution in [0.2, 0.25) is 0 Å². The smallest absolute Gasteiger partial charge is 0.230 e. The lowest BCUT2D eigenvalue weighted by Gasteiger charge is -2.06. The zero-order valence-corrected chi connectivity index (χ0v) is 11.0. The normalized spacial score (nSPS) is 19.3. The lowest BCUT2D eigenvalue weighted by Crippen LogP contribution is -2.24. The van der Waals surface area contributed by atoms with Gasteiger partial charge in [-0.05, 0) is 37.6 Å². The third kappa shape index (κ3) is 2.23. The zero-order valence-electron chi connectivity index (χ0n) is 10.2. The van der Waals surface area contributed by atoms with Crippen molar-refractivity contribution < 1.29 is 4.79 Å². The maximum Gasteiger partial charge on any atom is 0.230 e. The van der Waals surface area contributed by atoms with Crippen molar-refractivity contribution in [3.8, 4) is 0 Å². The fourth-order valence-electron chi connectivity index (χ4n) is 2.17. The molecule has 1 fully saturated rings. The first kappa shape index (κ1) is 11.6. The van der Waals surface area contributed by atoms with Gasteiger partial charge in [-0.2, -0.15) is 0 Å². The van der Waals surface area contributed by atoms with Crippen LogP contribution in [0.4, 0.5) is 5.13 Å². The predicted molar refractivity (Wildman–Crippen MR) is 74.0 cm³/mol. The summed E-state index contributed by atoms with van der Waals surface area (Å²) < 4.78 is 1.12. The maximum atomic E-state index is 12.0. The van der Waals surface area contributed by atoms with E-state index in [4.69, 9.17) is 0 Å². The average molecular weight is 261 g/mol. The van der Waals surface area contributed by atoms with Crippen LogP contribution in [0.5, 0.6) is 0 Å². The number of anilines is 1. The molecule has 1 aliphatic heterocycles. The first-order valence-electron chi connectivity index (χ1n) is 6.11. The van der Waals surface area contributed by atoms with E-state index < -0.39 is 0 Å². The molecule has 18 heavy (non-hydrogen) atoms. The molecule has 2 N–H and O–H groups in total. The minimum atomic E-state index is 0.0794. The molecule has 94 valence electrons. The number of thiazole rings is 1. The van der Waals surface area contributed by atoms with Gasteiger partial charge in [0.2, 0.25) is 5.91 Å². The summed E-state index contributed by atoms with van der Waals surface area (Å²) in [7, 11) is 0. The molecule has 4 nitrogen and oxygen atoms in total. The number of nitrogens with one attached hydrogen (secondary N) is 2. The summed E-state index contributed by atoms with van der Waals surface area (Å²) in [6.45, 7) is 3.76. The molecule has 1 unspecified atom stereocenters. The molecular formula is C13H15N3OS. The molecule has 5 heteroatoms. The number of rotatable bonds is 2. The second kappa shape index (κ2) is 4.66. The third-order valence-corrected chi connectivity index (χ3v) is 4.14. The van der Waals surface area contributed by atoms with E-state index in [1.165, 1.54) is 16.9 Å². The number of amides is 1. The highest BCUT2D eigenvalue weighted by molar-refractivity contribution is 7.22. The summed E-state index contributed by atoms with van der Waals surface area (Å²) in [5, 5.41) is 6.82. The number of carbonyl (C=O) groups is 1. The van der Waals surface area contributed by atoms with Crippen molar-refractivity contribution in [1.29, 1.82) is 0 Å². The van der Waals surface area contributed by atoms with Gasteiger partial charge in [0.05, 0.1) is 16.1 Å². The van der Waals surface area contributed by atoms with E-state index in [1.807, 2.05) is 12.1 Å². The molecular weight excluding hydrogens is 246 g/mol. The van der Waals surface area contributed by atoms with E-state index in [0.717, 1.165) is 29.7 Å². The number of hydrogen-bond acceptors (Lipinski definition) is 4.